The fraction of sp³-hybridized carbons (Fsp3) is 0.167. The van der Waals surface area contributed by atoms with E-state index in [1.165, 1.54) is 11.1 Å². The molecule has 1 aromatic heterocycles. The van der Waals surface area contributed by atoms with Gasteiger partial charge in [-0.1, -0.05) is 42.5 Å². The fourth-order valence-corrected chi connectivity index (χ4v) is 2.42. The molecule has 3 aromatic rings. The van der Waals surface area contributed by atoms with Crippen LogP contribution in [-0.4, -0.2) is 9.78 Å². The summed E-state index contributed by atoms with van der Waals surface area (Å²) < 4.78 is 1.93. The molecule has 0 saturated heterocycles. The number of aromatic nitrogens is 2. The second kappa shape index (κ2) is 6.27. The van der Waals surface area contributed by atoms with E-state index in [0.29, 0.717) is 0 Å². The minimum absolute atomic E-state index is 0.283. The van der Waals surface area contributed by atoms with Crippen LogP contribution in [-0.2, 0) is 6.54 Å². The quantitative estimate of drug-likeness (QED) is 0.760. The first kappa shape index (κ1) is 13.4. The summed E-state index contributed by atoms with van der Waals surface area (Å²) in [6, 6.07) is 21.2. The molecule has 0 bridgehead atoms. The SMILES string of the molecule is CC(Nc1cccc(Cn2cccn2)c1)c1ccccc1. The lowest BCUT2D eigenvalue weighted by molar-refractivity contribution is 0.687. The van der Waals surface area contributed by atoms with Gasteiger partial charge in [-0.3, -0.25) is 4.68 Å². The van der Waals surface area contributed by atoms with Crippen LogP contribution in [0.1, 0.15) is 24.1 Å². The Kier molecular flexibility index (Phi) is 4.01. The van der Waals surface area contributed by atoms with E-state index in [-0.39, 0.29) is 6.04 Å². The molecule has 0 radical (unpaired) electrons. The van der Waals surface area contributed by atoms with Crippen LogP contribution in [0.3, 0.4) is 0 Å². The largest absolute Gasteiger partial charge is 0.379 e. The summed E-state index contributed by atoms with van der Waals surface area (Å²) in [4.78, 5) is 0. The minimum atomic E-state index is 0.283. The second-order valence-corrected chi connectivity index (χ2v) is 5.18. The van der Waals surface area contributed by atoms with Crippen LogP contribution in [0.2, 0.25) is 0 Å². The predicted octanol–water partition coefficient (Wildman–Crippen LogP) is 4.10. The first-order valence-electron chi connectivity index (χ1n) is 7.19. The zero-order valence-corrected chi connectivity index (χ0v) is 12.1. The summed E-state index contributed by atoms with van der Waals surface area (Å²) in [5.74, 6) is 0. The van der Waals surface area contributed by atoms with Crippen molar-refractivity contribution in [2.24, 2.45) is 0 Å². The Morgan fingerprint density at radius 3 is 2.67 bits per heavy atom. The molecule has 3 nitrogen and oxygen atoms in total. The van der Waals surface area contributed by atoms with Crippen LogP contribution in [0.5, 0.6) is 0 Å². The topological polar surface area (TPSA) is 29.9 Å². The third kappa shape index (κ3) is 3.51. The second-order valence-electron chi connectivity index (χ2n) is 5.18. The van der Waals surface area contributed by atoms with Crippen molar-refractivity contribution in [1.82, 2.24) is 9.78 Å². The molecule has 0 amide bonds. The molecule has 0 aliphatic heterocycles. The summed E-state index contributed by atoms with van der Waals surface area (Å²) in [7, 11) is 0. The number of rotatable bonds is 5. The summed E-state index contributed by atoms with van der Waals surface area (Å²) in [5.41, 5.74) is 3.66. The van der Waals surface area contributed by atoms with Crippen LogP contribution >= 0.6 is 0 Å². The molecule has 2 aromatic carbocycles. The van der Waals surface area contributed by atoms with Crippen molar-refractivity contribution in [2.45, 2.75) is 19.5 Å². The van der Waals surface area contributed by atoms with Crippen LogP contribution < -0.4 is 5.32 Å². The van der Waals surface area contributed by atoms with Crippen molar-refractivity contribution in [3.05, 3.63) is 84.2 Å². The maximum atomic E-state index is 4.25. The predicted molar refractivity (Wildman–Crippen MR) is 86.3 cm³/mol. The highest BCUT2D eigenvalue weighted by Gasteiger charge is 2.05. The fourth-order valence-electron chi connectivity index (χ4n) is 2.42. The van der Waals surface area contributed by atoms with Crippen LogP contribution in [0.25, 0.3) is 0 Å². The van der Waals surface area contributed by atoms with Crippen molar-refractivity contribution >= 4 is 5.69 Å². The maximum absolute atomic E-state index is 4.25. The lowest BCUT2D eigenvalue weighted by Crippen LogP contribution is -2.07. The van der Waals surface area contributed by atoms with Crippen molar-refractivity contribution in [1.29, 1.82) is 0 Å². The maximum Gasteiger partial charge on any atom is 0.0660 e. The Morgan fingerprint density at radius 1 is 1.05 bits per heavy atom. The number of nitrogens with one attached hydrogen (secondary N) is 1. The number of nitrogens with zero attached hydrogens (tertiary/aromatic N) is 2. The van der Waals surface area contributed by atoms with Gasteiger partial charge in [-0.25, -0.2) is 0 Å². The van der Waals surface area contributed by atoms with Crippen LogP contribution in [0, 0.1) is 0 Å². The van der Waals surface area contributed by atoms with Gasteiger partial charge < -0.3 is 5.32 Å². The lowest BCUT2D eigenvalue weighted by atomic mass is 10.1. The summed E-state index contributed by atoms with van der Waals surface area (Å²) in [6.07, 6.45) is 3.78. The molecule has 0 spiro atoms. The van der Waals surface area contributed by atoms with Gasteiger partial charge in [0, 0.05) is 24.1 Å². The zero-order chi connectivity index (χ0) is 14.5. The number of hydrogen-bond donors (Lipinski definition) is 1. The van der Waals surface area contributed by atoms with Crippen molar-refractivity contribution in [3.8, 4) is 0 Å². The normalized spacial score (nSPS) is 12.0. The van der Waals surface area contributed by atoms with Gasteiger partial charge in [0.25, 0.3) is 0 Å². The van der Waals surface area contributed by atoms with Crippen LogP contribution in [0.15, 0.2) is 73.1 Å². The van der Waals surface area contributed by atoms with Gasteiger partial charge in [0.05, 0.1) is 6.54 Å². The highest BCUT2D eigenvalue weighted by molar-refractivity contribution is 5.47. The monoisotopic (exact) mass is 277 g/mol. The van der Waals surface area contributed by atoms with Crippen molar-refractivity contribution in [3.63, 3.8) is 0 Å². The molecule has 1 N–H and O–H groups in total. The Hall–Kier alpha value is -2.55. The van der Waals surface area contributed by atoms with Crippen molar-refractivity contribution in [2.75, 3.05) is 5.32 Å². The van der Waals surface area contributed by atoms with E-state index in [9.17, 15) is 0 Å². The van der Waals surface area contributed by atoms with Gasteiger partial charge in [-0.2, -0.15) is 5.10 Å². The van der Waals surface area contributed by atoms with Gasteiger partial charge >= 0.3 is 0 Å². The first-order chi connectivity index (χ1) is 10.3. The molecular formula is C18H19N3. The number of benzene rings is 2. The van der Waals surface area contributed by atoms with E-state index >= 15 is 0 Å². The molecule has 1 unspecified atom stereocenters. The van der Waals surface area contributed by atoms with E-state index in [0.717, 1.165) is 12.2 Å². The Balaban J connectivity index is 1.71. The first-order valence-corrected chi connectivity index (χ1v) is 7.19. The molecule has 3 rings (SSSR count). The Labute approximate surface area is 125 Å². The molecular weight excluding hydrogens is 258 g/mol. The molecule has 0 saturated carbocycles. The van der Waals surface area contributed by atoms with Crippen molar-refractivity contribution < 1.29 is 0 Å². The third-order valence-electron chi connectivity index (χ3n) is 3.51. The number of hydrogen-bond acceptors (Lipinski definition) is 2. The molecule has 1 heterocycles. The third-order valence-corrected chi connectivity index (χ3v) is 3.51. The summed E-state index contributed by atoms with van der Waals surface area (Å²) >= 11 is 0. The van der Waals surface area contributed by atoms with Gasteiger partial charge in [-0.05, 0) is 36.2 Å². The Bertz CT molecular complexity index is 675. The van der Waals surface area contributed by atoms with E-state index in [1.807, 2.05) is 23.0 Å². The average Bonchev–Trinajstić information content (AvgIpc) is 3.01. The summed E-state index contributed by atoms with van der Waals surface area (Å²) in [6.45, 7) is 2.97. The minimum Gasteiger partial charge on any atom is -0.379 e. The lowest BCUT2D eigenvalue weighted by Gasteiger charge is -2.16. The van der Waals surface area contributed by atoms with Gasteiger partial charge in [-0.15, -0.1) is 0 Å². The summed E-state index contributed by atoms with van der Waals surface area (Å²) in [5, 5.41) is 7.79. The smallest absolute Gasteiger partial charge is 0.0660 e. The van der Waals surface area contributed by atoms with Crippen LogP contribution in [0.4, 0.5) is 5.69 Å². The molecule has 0 fully saturated rings. The van der Waals surface area contributed by atoms with E-state index in [2.05, 4.69) is 65.9 Å². The molecule has 21 heavy (non-hydrogen) atoms. The van der Waals surface area contributed by atoms with E-state index in [1.54, 1.807) is 6.20 Å². The van der Waals surface area contributed by atoms with E-state index in [4.69, 9.17) is 0 Å². The van der Waals surface area contributed by atoms with Gasteiger partial charge in [0.15, 0.2) is 0 Å². The highest BCUT2D eigenvalue weighted by Crippen LogP contribution is 2.20. The Morgan fingerprint density at radius 2 is 1.90 bits per heavy atom. The van der Waals surface area contributed by atoms with Gasteiger partial charge in [0.1, 0.15) is 0 Å². The zero-order valence-electron chi connectivity index (χ0n) is 12.1. The average molecular weight is 277 g/mol. The van der Waals surface area contributed by atoms with Gasteiger partial charge in [0.2, 0.25) is 0 Å². The standard InChI is InChI=1S/C18H19N3/c1-15(17-8-3-2-4-9-17)20-18-10-5-7-16(13-18)14-21-12-6-11-19-21/h2-13,15,20H,14H2,1H3. The van der Waals surface area contributed by atoms with E-state index < -0.39 is 0 Å². The number of anilines is 1. The molecule has 0 aliphatic rings. The molecule has 0 aliphatic carbocycles. The molecule has 3 heteroatoms. The highest BCUT2D eigenvalue weighted by atomic mass is 15.3. The molecule has 106 valence electrons. The molecule has 1 atom stereocenters.